The Kier molecular flexibility index (Phi) is 4.67. The number of hydrogen-bond donors (Lipinski definition) is 0. The van der Waals surface area contributed by atoms with Crippen molar-refractivity contribution in [3.63, 3.8) is 0 Å². The molecule has 128 valence electrons. The molecule has 0 fully saturated rings. The molecule has 0 radical (unpaired) electrons. The number of rotatable bonds is 5. The summed E-state index contributed by atoms with van der Waals surface area (Å²) in [4.78, 5) is 10.5. The van der Waals surface area contributed by atoms with E-state index in [2.05, 4.69) is 37.8 Å². The van der Waals surface area contributed by atoms with Gasteiger partial charge in [0.15, 0.2) is 11.0 Å². The van der Waals surface area contributed by atoms with Crippen molar-refractivity contribution in [1.29, 1.82) is 0 Å². The normalized spacial score (nSPS) is 13.6. The van der Waals surface area contributed by atoms with Crippen molar-refractivity contribution in [2.24, 2.45) is 0 Å². The minimum absolute atomic E-state index is 0.675. The Balaban J connectivity index is 1.74. The minimum atomic E-state index is 0.675. The van der Waals surface area contributed by atoms with E-state index in [-0.39, 0.29) is 0 Å². The van der Waals surface area contributed by atoms with Crippen LogP contribution in [0.4, 0.5) is 0 Å². The third kappa shape index (κ3) is 3.26. The van der Waals surface area contributed by atoms with Crippen LogP contribution in [-0.2, 0) is 19.4 Å². The van der Waals surface area contributed by atoms with Crippen molar-refractivity contribution in [1.82, 2.24) is 24.7 Å². The fourth-order valence-electron chi connectivity index (χ4n) is 3.09. The molecule has 25 heavy (non-hydrogen) atoms. The molecule has 0 unspecified atom stereocenters. The van der Waals surface area contributed by atoms with Crippen LogP contribution in [0.5, 0.6) is 0 Å². The van der Waals surface area contributed by atoms with Crippen LogP contribution in [0.25, 0.3) is 10.7 Å². The second-order valence-electron chi connectivity index (χ2n) is 5.99. The molecule has 1 aliphatic rings. The number of thiophene rings is 1. The SMILES string of the molecule is C=CCn1c(Sc2nc(C)nc3c2CCCC3)nnc1-c1cccs1. The summed E-state index contributed by atoms with van der Waals surface area (Å²) in [5.74, 6) is 1.72. The lowest BCUT2D eigenvalue weighted by Gasteiger charge is -2.18. The molecule has 0 saturated carbocycles. The monoisotopic (exact) mass is 369 g/mol. The lowest BCUT2D eigenvalue weighted by atomic mass is 9.97. The summed E-state index contributed by atoms with van der Waals surface area (Å²) in [5.41, 5.74) is 2.49. The molecule has 3 heterocycles. The highest BCUT2D eigenvalue weighted by Gasteiger charge is 2.21. The van der Waals surface area contributed by atoms with Gasteiger partial charge in [-0.25, -0.2) is 9.97 Å². The molecule has 0 spiro atoms. The average Bonchev–Trinajstić information content (AvgIpc) is 3.25. The van der Waals surface area contributed by atoms with E-state index in [1.807, 2.05) is 19.1 Å². The molecule has 3 aromatic heterocycles. The highest BCUT2D eigenvalue weighted by molar-refractivity contribution is 7.99. The summed E-state index contributed by atoms with van der Waals surface area (Å²) >= 11 is 3.26. The van der Waals surface area contributed by atoms with Gasteiger partial charge in [0, 0.05) is 17.8 Å². The highest BCUT2D eigenvalue weighted by Crippen LogP contribution is 2.34. The van der Waals surface area contributed by atoms with Gasteiger partial charge in [-0.1, -0.05) is 12.1 Å². The Morgan fingerprint density at radius 3 is 2.96 bits per heavy atom. The number of aromatic nitrogens is 5. The number of fused-ring (bicyclic) bond motifs is 1. The number of hydrogen-bond acceptors (Lipinski definition) is 6. The standard InChI is InChI=1S/C18H19N5S2/c1-3-10-23-16(15-9-6-11-24-15)21-22-18(23)25-17-13-7-4-5-8-14(13)19-12(2)20-17/h3,6,9,11H,1,4-5,7-8,10H2,2H3. The minimum Gasteiger partial charge on any atom is -0.297 e. The van der Waals surface area contributed by atoms with Gasteiger partial charge in [-0.05, 0) is 55.8 Å². The smallest absolute Gasteiger partial charge is 0.198 e. The van der Waals surface area contributed by atoms with Crippen LogP contribution in [-0.4, -0.2) is 24.7 Å². The van der Waals surface area contributed by atoms with E-state index in [0.29, 0.717) is 6.54 Å². The molecular weight excluding hydrogens is 350 g/mol. The lowest BCUT2D eigenvalue weighted by molar-refractivity contribution is 0.639. The van der Waals surface area contributed by atoms with Crippen molar-refractivity contribution in [2.75, 3.05) is 0 Å². The first-order valence-corrected chi connectivity index (χ1v) is 10.1. The molecule has 3 aromatic rings. The van der Waals surface area contributed by atoms with Crippen molar-refractivity contribution in [3.8, 4) is 10.7 Å². The van der Waals surface area contributed by atoms with Gasteiger partial charge < -0.3 is 0 Å². The molecular formula is C18H19N5S2. The van der Waals surface area contributed by atoms with E-state index in [0.717, 1.165) is 39.5 Å². The number of allylic oxidation sites excluding steroid dienone is 1. The zero-order chi connectivity index (χ0) is 17.2. The van der Waals surface area contributed by atoms with Crippen molar-refractivity contribution in [2.45, 2.75) is 49.3 Å². The first kappa shape index (κ1) is 16.5. The van der Waals surface area contributed by atoms with Crippen LogP contribution in [0.15, 0.2) is 40.4 Å². The van der Waals surface area contributed by atoms with E-state index < -0.39 is 0 Å². The van der Waals surface area contributed by atoms with Gasteiger partial charge in [0.25, 0.3) is 0 Å². The van der Waals surface area contributed by atoms with E-state index in [4.69, 9.17) is 4.98 Å². The summed E-state index contributed by atoms with van der Waals surface area (Å²) in [5, 5.41) is 12.8. The largest absolute Gasteiger partial charge is 0.297 e. The first-order chi connectivity index (χ1) is 12.3. The van der Waals surface area contributed by atoms with Gasteiger partial charge >= 0.3 is 0 Å². The van der Waals surface area contributed by atoms with Crippen molar-refractivity contribution < 1.29 is 0 Å². The Hall–Kier alpha value is -1.99. The molecule has 0 aromatic carbocycles. The van der Waals surface area contributed by atoms with Gasteiger partial charge in [-0.15, -0.1) is 28.1 Å². The molecule has 0 amide bonds. The molecule has 5 nitrogen and oxygen atoms in total. The van der Waals surface area contributed by atoms with Gasteiger partial charge in [-0.2, -0.15) is 0 Å². The summed E-state index contributed by atoms with van der Waals surface area (Å²) in [6.07, 6.45) is 6.39. The Morgan fingerprint density at radius 1 is 1.28 bits per heavy atom. The summed E-state index contributed by atoms with van der Waals surface area (Å²) in [7, 11) is 0. The number of aryl methyl sites for hydroxylation is 2. The maximum atomic E-state index is 4.70. The predicted octanol–water partition coefficient (Wildman–Crippen LogP) is 4.32. The van der Waals surface area contributed by atoms with E-state index in [1.54, 1.807) is 23.1 Å². The molecule has 0 saturated heterocycles. The maximum Gasteiger partial charge on any atom is 0.198 e. The second-order valence-corrected chi connectivity index (χ2v) is 7.90. The zero-order valence-electron chi connectivity index (χ0n) is 14.1. The third-order valence-electron chi connectivity index (χ3n) is 4.22. The molecule has 1 aliphatic carbocycles. The molecule has 0 atom stereocenters. The maximum absolute atomic E-state index is 4.70. The fourth-order valence-corrected chi connectivity index (χ4v) is 4.86. The average molecular weight is 370 g/mol. The predicted molar refractivity (Wildman–Crippen MR) is 101 cm³/mol. The van der Waals surface area contributed by atoms with Crippen molar-refractivity contribution >= 4 is 23.1 Å². The Bertz CT molecular complexity index is 899. The van der Waals surface area contributed by atoms with Gasteiger partial charge in [0.1, 0.15) is 10.9 Å². The molecule has 0 bridgehead atoms. The highest BCUT2D eigenvalue weighted by atomic mass is 32.2. The van der Waals surface area contributed by atoms with Crippen LogP contribution in [0.1, 0.15) is 29.9 Å². The molecule has 0 N–H and O–H groups in total. The zero-order valence-corrected chi connectivity index (χ0v) is 15.7. The summed E-state index contributed by atoms with van der Waals surface area (Å²) in [6, 6.07) is 4.10. The summed E-state index contributed by atoms with van der Waals surface area (Å²) < 4.78 is 2.11. The topological polar surface area (TPSA) is 56.5 Å². The van der Waals surface area contributed by atoms with E-state index >= 15 is 0 Å². The van der Waals surface area contributed by atoms with Crippen LogP contribution in [0.2, 0.25) is 0 Å². The second kappa shape index (κ2) is 7.09. The third-order valence-corrected chi connectivity index (χ3v) is 6.10. The van der Waals surface area contributed by atoms with Gasteiger partial charge in [0.2, 0.25) is 0 Å². The molecule has 0 aliphatic heterocycles. The van der Waals surface area contributed by atoms with Crippen LogP contribution in [0.3, 0.4) is 0 Å². The Labute approximate surface area is 155 Å². The number of nitrogens with zero attached hydrogens (tertiary/aromatic N) is 5. The lowest BCUT2D eigenvalue weighted by Crippen LogP contribution is -2.10. The molecule has 7 heteroatoms. The van der Waals surface area contributed by atoms with Crippen LogP contribution in [0, 0.1) is 6.92 Å². The van der Waals surface area contributed by atoms with Gasteiger partial charge in [0.05, 0.1) is 4.88 Å². The quantitative estimate of drug-likeness (QED) is 0.495. The van der Waals surface area contributed by atoms with E-state index in [9.17, 15) is 0 Å². The van der Waals surface area contributed by atoms with Crippen molar-refractivity contribution in [3.05, 3.63) is 47.2 Å². The van der Waals surface area contributed by atoms with Crippen LogP contribution >= 0.6 is 23.1 Å². The van der Waals surface area contributed by atoms with E-state index in [1.165, 1.54) is 24.1 Å². The molecule has 4 rings (SSSR count). The van der Waals surface area contributed by atoms with Crippen LogP contribution < -0.4 is 0 Å². The fraction of sp³-hybridized carbons (Fsp3) is 0.333. The Morgan fingerprint density at radius 2 is 2.16 bits per heavy atom. The van der Waals surface area contributed by atoms with Gasteiger partial charge in [-0.3, -0.25) is 4.57 Å². The first-order valence-electron chi connectivity index (χ1n) is 8.38. The summed E-state index contributed by atoms with van der Waals surface area (Å²) in [6.45, 7) is 6.52.